The summed E-state index contributed by atoms with van der Waals surface area (Å²) in [6.45, 7) is 3.91. The van der Waals surface area contributed by atoms with Crippen LogP contribution in [0.4, 0.5) is 0 Å². The zero-order valence-corrected chi connectivity index (χ0v) is 13.3. The van der Waals surface area contributed by atoms with E-state index in [4.69, 9.17) is 10.5 Å². The predicted molar refractivity (Wildman–Crippen MR) is 82.4 cm³/mol. The van der Waals surface area contributed by atoms with E-state index in [-0.39, 0.29) is 0 Å². The van der Waals surface area contributed by atoms with E-state index in [2.05, 4.69) is 4.72 Å². The summed E-state index contributed by atoms with van der Waals surface area (Å²) in [7, 11) is -3.48. The van der Waals surface area contributed by atoms with Crippen LogP contribution in [0.25, 0.3) is 0 Å². The van der Waals surface area contributed by atoms with Crippen LogP contribution in [-0.2, 0) is 21.3 Å². The van der Waals surface area contributed by atoms with E-state index in [9.17, 15) is 8.42 Å². The topological polar surface area (TPSA) is 81.4 Å². The Morgan fingerprint density at radius 2 is 2.14 bits per heavy atom. The third-order valence-electron chi connectivity index (χ3n) is 3.59. The Kier molecular flexibility index (Phi) is 5.75. The minimum Gasteiger partial charge on any atom is -0.381 e. The molecular formula is C15H24N2O3S. The number of hydrogen-bond acceptors (Lipinski definition) is 4. The van der Waals surface area contributed by atoms with Crippen LogP contribution < -0.4 is 10.5 Å². The molecule has 21 heavy (non-hydrogen) atoms. The lowest BCUT2D eigenvalue weighted by Crippen LogP contribution is -2.26. The van der Waals surface area contributed by atoms with Gasteiger partial charge in [0.25, 0.3) is 0 Å². The van der Waals surface area contributed by atoms with Gasteiger partial charge in [0.15, 0.2) is 0 Å². The molecule has 1 aromatic rings. The van der Waals surface area contributed by atoms with Crippen molar-refractivity contribution in [3.8, 4) is 0 Å². The molecule has 1 aliphatic carbocycles. The maximum Gasteiger partial charge on any atom is 0.240 e. The molecule has 1 aromatic carbocycles. The lowest BCUT2D eigenvalue weighted by Gasteiger charge is -2.11. The molecule has 118 valence electrons. The van der Waals surface area contributed by atoms with E-state index in [0.717, 1.165) is 23.7 Å². The molecule has 0 radical (unpaired) electrons. The van der Waals surface area contributed by atoms with Crippen LogP contribution >= 0.6 is 0 Å². The van der Waals surface area contributed by atoms with E-state index >= 15 is 0 Å². The molecule has 0 aliphatic heterocycles. The Morgan fingerprint density at radius 3 is 2.81 bits per heavy atom. The van der Waals surface area contributed by atoms with Crippen LogP contribution in [-0.4, -0.2) is 28.2 Å². The molecule has 0 bridgehead atoms. The van der Waals surface area contributed by atoms with Crippen LogP contribution in [0.1, 0.15) is 30.4 Å². The molecule has 6 heteroatoms. The second-order valence-corrected chi connectivity index (χ2v) is 7.31. The van der Waals surface area contributed by atoms with E-state index in [1.54, 1.807) is 19.1 Å². The predicted octanol–water partition coefficient (Wildman–Crippen LogP) is 1.55. The van der Waals surface area contributed by atoms with Crippen LogP contribution in [0.3, 0.4) is 0 Å². The first-order valence-corrected chi connectivity index (χ1v) is 8.88. The van der Waals surface area contributed by atoms with Crippen molar-refractivity contribution in [2.75, 3.05) is 19.8 Å². The Morgan fingerprint density at radius 1 is 1.38 bits per heavy atom. The molecule has 2 rings (SSSR count). The Labute approximate surface area is 126 Å². The summed E-state index contributed by atoms with van der Waals surface area (Å²) in [6.07, 6.45) is 3.22. The molecule has 0 heterocycles. The van der Waals surface area contributed by atoms with Crippen LogP contribution in [0.15, 0.2) is 23.1 Å². The van der Waals surface area contributed by atoms with Crippen molar-refractivity contribution >= 4 is 10.0 Å². The molecule has 0 aromatic heterocycles. The number of hydrogen-bond donors (Lipinski definition) is 2. The number of nitrogens with two attached hydrogens (primary N) is 1. The number of aryl methyl sites for hydroxylation is 1. The summed E-state index contributed by atoms with van der Waals surface area (Å²) in [5, 5.41) is 0. The third-order valence-corrected chi connectivity index (χ3v) is 5.19. The average Bonchev–Trinajstić information content (AvgIpc) is 3.27. The van der Waals surface area contributed by atoms with E-state index < -0.39 is 10.0 Å². The molecular weight excluding hydrogens is 288 g/mol. The summed E-state index contributed by atoms with van der Waals surface area (Å²) in [5.74, 6) is 0.739. The number of benzene rings is 1. The number of ether oxygens (including phenoxy) is 1. The van der Waals surface area contributed by atoms with Crippen molar-refractivity contribution in [3.63, 3.8) is 0 Å². The molecule has 0 atom stereocenters. The molecule has 0 amide bonds. The van der Waals surface area contributed by atoms with Gasteiger partial charge in [0.2, 0.25) is 10.0 Å². The highest BCUT2D eigenvalue weighted by atomic mass is 32.2. The van der Waals surface area contributed by atoms with Gasteiger partial charge in [-0.05, 0) is 49.3 Å². The molecule has 1 saturated carbocycles. The largest absolute Gasteiger partial charge is 0.381 e. The van der Waals surface area contributed by atoms with Gasteiger partial charge in [0, 0.05) is 26.3 Å². The maximum absolute atomic E-state index is 12.3. The van der Waals surface area contributed by atoms with Gasteiger partial charge in [-0.15, -0.1) is 0 Å². The minimum absolute atomic E-state index is 0.310. The molecule has 0 unspecified atom stereocenters. The first kappa shape index (κ1) is 16.4. The lowest BCUT2D eigenvalue weighted by atomic mass is 10.1. The highest BCUT2D eigenvalue weighted by Gasteiger charge is 2.21. The van der Waals surface area contributed by atoms with Crippen LogP contribution in [0.5, 0.6) is 0 Å². The smallest absolute Gasteiger partial charge is 0.240 e. The van der Waals surface area contributed by atoms with Crippen molar-refractivity contribution in [3.05, 3.63) is 29.3 Å². The minimum atomic E-state index is -3.48. The molecule has 0 saturated heterocycles. The average molecular weight is 312 g/mol. The summed E-state index contributed by atoms with van der Waals surface area (Å²) in [5.41, 5.74) is 7.10. The number of sulfonamides is 1. The van der Waals surface area contributed by atoms with E-state index in [1.165, 1.54) is 12.8 Å². The highest BCUT2D eigenvalue weighted by Crippen LogP contribution is 2.28. The molecule has 0 spiro atoms. The van der Waals surface area contributed by atoms with Crippen LogP contribution in [0.2, 0.25) is 0 Å². The van der Waals surface area contributed by atoms with Crippen molar-refractivity contribution in [1.29, 1.82) is 0 Å². The second-order valence-electron chi connectivity index (χ2n) is 5.57. The normalized spacial score (nSPS) is 15.3. The lowest BCUT2D eigenvalue weighted by molar-refractivity contribution is 0.123. The summed E-state index contributed by atoms with van der Waals surface area (Å²) >= 11 is 0. The van der Waals surface area contributed by atoms with E-state index in [0.29, 0.717) is 31.0 Å². The Bertz CT molecular complexity index is 568. The fraction of sp³-hybridized carbons (Fsp3) is 0.600. The van der Waals surface area contributed by atoms with Gasteiger partial charge in [-0.25, -0.2) is 13.1 Å². The molecule has 5 nitrogen and oxygen atoms in total. The van der Waals surface area contributed by atoms with Crippen molar-refractivity contribution < 1.29 is 13.2 Å². The molecule has 1 aliphatic rings. The number of nitrogens with one attached hydrogen (secondary N) is 1. The monoisotopic (exact) mass is 312 g/mol. The fourth-order valence-corrected chi connectivity index (χ4v) is 3.42. The maximum atomic E-state index is 12.3. The Balaban J connectivity index is 1.82. The van der Waals surface area contributed by atoms with Gasteiger partial charge in [0.1, 0.15) is 0 Å². The van der Waals surface area contributed by atoms with Gasteiger partial charge in [-0.2, -0.15) is 0 Å². The van der Waals surface area contributed by atoms with Gasteiger partial charge in [0.05, 0.1) is 4.90 Å². The SMILES string of the molecule is Cc1ccc(CN)cc1S(=O)(=O)NCCCOCC1CC1. The van der Waals surface area contributed by atoms with Gasteiger partial charge >= 0.3 is 0 Å². The highest BCUT2D eigenvalue weighted by molar-refractivity contribution is 7.89. The van der Waals surface area contributed by atoms with Gasteiger partial charge < -0.3 is 10.5 Å². The molecule has 3 N–H and O–H groups in total. The summed E-state index contributed by atoms with van der Waals surface area (Å²) in [6, 6.07) is 5.27. The standard InChI is InChI=1S/C15H24N2O3S/c1-12-3-4-14(10-16)9-15(12)21(18,19)17-7-2-8-20-11-13-5-6-13/h3-4,9,13,17H,2,5-8,10-11,16H2,1H3. The quantitative estimate of drug-likeness (QED) is 0.678. The van der Waals surface area contributed by atoms with Gasteiger partial charge in [-0.3, -0.25) is 0 Å². The van der Waals surface area contributed by atoms with Crippen molar-refractivity contribution in [1.82, 2.24) is 4.72 Å². The molecule has 1 fully saturated rings. The zero-order valence-electron chi connectivity index (χ0n) is 12.5. The van der Waals surface area contributed by atoms with Crippen molar-refractivity contribution in [2.45, 2.75) is 37.6 Å². The van der Waals surface area contributed by atoms with Crippen LogP contribution in [0, 0.1) is 12.8 Å². The van der Waals surface area contributed by atoms with Gasteiger partial charge in [-0.1, -0.05) is 12.1 Å². The first-order valence-electron chi connectivity index (χ1n) is 7.40. The van der Waals surface area contributed by atoms with E-state index in [1.807, 2.05) is 6.07 Å². The third kappa shape index (κ3) is 5.07. The summed E-state index contributed by atoms with van der Waals surface area (Å²) in [4.78, 5) is 0.310. The number of rotatable bonds is 9. The second kappa shape index (κ2) is 7.35. The Hall–Kier alpha value is -0.950. The fourth-order valence-electron chi connectivity index (χ4n) is 2.05. The first-order chi connectivity index (χ1) is 10.0. The van der Waals surface area contributed by atoms with Crippen molar-refractivity contribution in [2.24, 2.45) is 11.7 Å². The summed E-state index contributed by atoms with van der Waals surface area (Å²) < 4.78 is 32.7. The zero-order chi connectivity index (χ0) is 15.3.